The number of hydrogen-bond acceptors (Lipinski definition) is 4. The lowest BCUT2D eigenvalue weighted by atomic mass is 10.1. The highest BCUT2D eigenvalue weighted by molar-refractivity contribution is 8.93. The number of anilines is 1. The van der Waals surface area contributed by atoms with E-state index in [0.717, 1.165) is 22.8 Å². The van der Waals surface area contributed by atoms with Crippen LogP contribution >= 0.6 is 45.3 Å². The third-order valence-electron chi connectivity index (χ3n) is 3.96. The molecule has 0 atom stereocenters. The van der Waals surface area contributed by atoms with Crippen molar-refractivity contribution >= 4 is 67.2 Å². The number of halogens is 2. The Labute approximate surface area is 187 Å². The Bertz CT molecular complexity index is 1090. The second-order valence-corrected chi connectivity index (χ2v) is 6.79. The van der Waals surface area contributed by atoms with Gasteiger partial charge in [-0.3, -0.25) is 0 Å². The summed E-state index contributed by atoms with van der Waals surface area (Å²) in [6, 6.07) is 14.6. The largest absolute Gasteiger partial charge is 0.370 e. The van der Waals surface area contributed by atoms with E-state index in [2.05, 4.69) is 55.6 Å². The van der Waals surface area contributed by atoms with Crippen molar-refractivity contribution in [3.05, 3.63) is 65.4 Å². The van der Waals surface area contributed by atoms with E-state index in [4.69, 9.17) is 5.73 Å². The SMILES string of the molecule is Br.Br.Cc1ncc(-c2csc(NC(N)=NCc3ccc4ccccc4c3)n2)[nH]1. The zero-order chi connectivity index (χ0) is 17.9. The smallest absolute Gasteiger partial charge is 0.195 e. The number of rotatable bonds is 4. The van der Waals surface area contributed by atoms with E-state index in [0.29, 0.717) is 17.6 Å². The lowest BCUT2D eigenvalue weighted by Crippen LogP contribution is -2.22. The molecule has 9 heteroatoms. The van der Waals surface area contributed by atoms with E-state index in [1.807, 2.05) is 24.4 Å². The van der Waals surface area contributed by atoms with Crippen molar-refractivity contribution in [1.29, 1.82) is 0 Å². The minimum Gasteiger partial charge on any atom is -0.370 e. The summed E-state index contributed by atoms with van der Waals surface area (Å²) in [5.74, 6) is 1.21. The van der Waals surface area contributed by atoms with Crippen molar-refractivity contribution in [2.75, 3.05) is 5.32 Å². The maximum atomic E-state index is 6.00. The van der Waals surface area contributed by atoms with E-state index < -0.39 is 0 Å². The Balaban J connectivity index is 0.00000140. The van der Waals surface area contributed by atoms with Crippen molar-refractivity contribution in [3.8, 4) is 11.4 Å². The molecular weight excluding hydrogens is 504 g/mol. The monoisotopic (exact) mass is 522 g/mol. The number of thiazole rings is 1. The number of hydrogen-bond donors (Lipinski definition) is 3. The highest BCUT2D eigenvalue weighted by Gasteiger charge is 2.07. The number of H-pyrrole nitrogens is 1. The van der Waals surface area contributed by atoms with Crippen LogP contribution in [0.2, 0.25) is 0 Å². The van der Waals surface area contributed by atoms with Gasteiger partial charge in [0.05, 0.1) is 18.4 Å². The van der Waals surface area contributed by atoms with Crippen LogP contribution in [0.5, 0.6) is 0 Å². The Morgan fingerprint density at radius 2 is 1.96 bits per heavy atom. The van der Waals surface area contributed by atoms with E-state index in [1.165, 1.54) is 22.1 Å². The maximum absolute atomic E-state index is 6.00. The molecule has 4 N–H and O–H groups in total. The summed E-state index contributed by atoms with van der Waals surface area (Å²) in [7, 11) is 0. The van der Waals surface area contributed by atoms with Crippen LogP contribution < -0.4 is 11.1 Å². The van der Waals surface area contributed by atoms with Gasteiger partial charge < -0.3 is 16.0 Å². The van der Waals surface area contributed by atoms with Crippen molar-refractivity contribution < 1.29 is 0 Å². The normalized spacial score (nSPS) is 11.0. The Morgan fingerprint density at radius 3 is 2.71 bits per heavy atom. The molecular formula is C19H20Br2N6S. The lowest BCUT2D eigenvalue weighted by molar-refractivity contribution is 1.06. The van der Waals surface area contributed by atoms with Crippen LogP contribution in [0, 0.1) is 6.92 Å². The summed E-state index contributed by atoms with van der Waals surface area (Å²) < 4.78 is 0. The number of fused-ring (bicyclic) bond motifs is 1. The van der Waals surface area contributed by atoms with Crippen molar-refractivity contribution in [2.45, 2.75) is 13.5 Å². The topological polar surface area (TPSA) is 92.0 Å². The van der Waals surface area contributed by atoms with Gasteiger partial charge >= 0.3 is 0 Å². The van der Waals surface area contributed by atoms with Gasteiger partial charge in [0.2, 0.25) is 0 Å². The molecule has 0 unspecified atom stereocenters. The minimum atomic E-state index is 0. The first-order valence-corrected chi connectivity index (χ1v) is 9.07. The number of nitrogens with one attached hydrogen (secondary N) is 2. The fourth-order valence-electron chi connectivity index (χ4n) is 2.67. The molecule has 0 saturated carbocycles. The third kappa shape index (κ3) is 5.18. The number of imidazole rings is 1. The maximum Gasteiger partial charge on any atom is 0.195 e. The molecule has 0 aliphatic heterocycles. The number of guanidine groups is 1. The summed E-state index contributed by atoms with van der Waals surface area (Å²) in [5.41, 5.74) is 8.84. The van der Waals surface area contributed by atoms with E-state index in [1.54, 1.807) is 6.20 Å². The first-order chi connectivity index (χ1) is 12.7. The van der Waals surface area contributed by atoms with Crippen LogP contribution in [-0.2, 0) is 6.54 Å². The van der Waals surface area contributed by atoms with E-state index in [9.17, 15) is 0 Å². The van der Waals surface area contributed by atoms with Crippen molar-refractivity contribution in [2.24, 2.45) is 10.7 Å². The van der Waals surface area contributed by atoms with Crippen LogP contribution in [0.3, 0.4) is 0 Å². The predicted octanol–water partition coefficient (Wildman–Crippen LogP) is 5.08. The van der Waals surface area contributed by atoms with Crippen LogP contribution in [0.15, 0.2) is 59.0 Å². The summed E-state index contributed by atoms with van der Waals surface area (Å²) in [6.45, 7) is 2.42. The molecule has 4 aromatic rings. The highest BCUT2D eigenvalue weighted by Crippen LogP contribution is 2.23. The quantitative estimate of drug-likeness (QED) is 0.257. The molecule has 0 aliphatic rings. The number of aromatic amines is 1. The molecule has 28 heavy (non-hydrogen) atoms. The molecule has 0 spiro atoms. The van der Waals surface area contributed by atoms with Gasteiger partial charge in [0.1, 0.15) is 11.5 Å². The van der Waals surface area contributed by atoms with Crippen molar-refractivity contribution in [3.63, 3.8) is 0 Å². The second-order valence-electron chi connectivity index (χ2n) is 5.93. The van der Waals surface area contributed by atoms with Crippen molar-refractivity contribution in [1.82, 2.24) is 15.0 Å². The molecule has 2 heterocycles. The first-order valence-electron chi connectivity index (χ1n) is 8.19. The average molecular weight is 524 g/mol. The standard InChI is InChI=1S/C19H18N6S.2BrH/c1-12-21-10-16(23-12)17-11-26-19(24-17)25-18(20)22-9-13-6-7-14-4-2-3-5-15(14)8-13;;/h2-8,10-11H,9H2,1H3,(H,21,23)(H3,20,22,24,25);2*1H. The van der Waals surface area contributed by atoms with Gasteiger partial charge in [-0.2, -0.15) is 0 Å². The second kappa shape index (κ2) is 9.81. The van der Waals surface area contributed by atoms with Gasteiger partial charge in [0.25, 0.3) is 0 Å². The Morgan fingerprint density at radius 1 is 1.18 bits per heavy atom. The van der Waals surface area contributed by atoms with Crippen LogP contribution in [0.25, 0.3) is 22.2 Å². The zero-order valence-electron chi connectivity index (χ0n) is 15.0. The number of aryl methyl sites for hydroxylation is 1. The van der Waals surface area contributed by atoms with Gasteiger partial charge in [0.15, 0.2) is 11.1 Å². The number of aliphatic imine (C=N–C) groups is 1. The molecule has 0 fully saturated rings. The molecule has 2 aromatic carbocycles. The molecule has 0 aliphatic carbocycles. The number of nitrogens with two attached hydrogens (primary N) is 1. The fourth-order valence-corrected chi connectivity index (χ4v) is 3.39. The first kappa shape index (κ1) is 22.1. The molecule has 0 radical (unpaired) electrons. The van der Waals surface area contributed by atoms with Gasteiger partial charge in [-0.15, -0.1) is 45.3 Å². The summed E-state index contributed by atoms with van der Waals surface area (Å²) in [4.78, 5) is 16.3. The van der Waals surface area contributed by atoms with Crippen LogP contribution in [0.4, 0.5) is 5.13 Å². The third-order valence-corrected chi connectivity index (χ3v) is 4.72. The Kier molecular flexibility index (Phi) is 7.73. The predicted molar refractivity (Wildman–Crippen MR) is 128 cm³/mol. The van der Waals surface area contributed by atoms with Gasteiger partial charge in [0, 0.05) is 5.38 Å². The molecule has 146 valence electrons. The summed E-state index contributed by atoms with van der Waals surface area (Å²) in [5, 5.41) is 8.12. The molecule has 6 nitrogen and oxygen atoms in total. The summed E-state index contributed by atoms with van der Waals surface area (Å²) >= 11 is 1.47. The fraction of sp³-hybridized carbons (Fsp3) is 0.105. The molecule has 0 bridgehead atoms. The molecule has 0 amide bonds. The zero-order valence-corrected chi connectivity index (χ0v) is 19.3. The Hall–Kier alpha value is -2.23. The van der Waals surface area contributed by atoms with Gasteiger partial charge in [-0.1, -0.05) is 36.4 Å². The number of aromatic nitrogens is 3. The average Bonchev–Trinajstić information content (AvgIpc) is 3.28. The number of benzene rings is 2. The van der Waals surface area contributed by atoms with E-state index >= 15 is 0 Å². The summed E-state index contributed by atoms with van der Waals surface area (Å²) in [6.07, 6.45) is 1.77. The lowest BCUT2D eigenvalue weighted by Gasteiger charge is -2.03. The van der Waals surface area contributed by atoms with Gasteiger partial charge in [-0.25, -0.2) is 15.0 Å². The molecule has 2 aromatic heterocycles. The molecule has 0 saturated heterocycles. The molecule has 4 rings (SSSR count). The number of nitrogens with zero attached hydrogens (tertiary/aromatic N) is 3. The van der Waals surface area contributed by atoms with Crippen LogP contribution in [-0.4, -0.2) is 20.9 Å². The van der Waals surface area contributed by atoms with Crippen LogP contribution in [0.1, 0.15) is 11.4 Å². The highest BCUT2D eigenvalue weighted by atomic mass is 79.9. The van der Waals surface area contributed by atoms with E-state index in [-0.39, 0.29) is 34.0 Å². The van der Waals surface area contributed by atoms with Gasteiger partial charge in [-0.05, 0) is 29.3 Å². The minimum absolute atomic E-state index is 0.